The number of rotatable bonds is 8. The SMILES string of the molecule is CCc1cccc(F)c1S(=O)(=O)OCP(=O)(O)OCC(C)C. The molecule has 0 aliphatic carbocycles. The van der Waals surface area contributed by atoms with Gasteiger partial charge < -0.3 is 9.42 Å². The van der Waals surface area contributed by atoms with Crippen molar-refractivity contribution in [1.82, 2.24) is 0 Å². The second-order valence-electron chi connectivity index (χ2n) is 5.11. The normalized spacial score (nSPS) is 15.0. The van der Waals surface area contributed by atoms with Crippen molar-refractivity contribution in [2.45, 2.75) is 32.1 Å². The van der Waals surface area contributed by atoms with E-state index in [2.05, 4.69) is 4.18 Å². The molecule has 0 saturated carbocycles. The van der Waals surface area contributed by atoms with Crippen LogP contribution in [0.1, 0.15) is 26.3 Å². The highest BCUT2D eigenvalue weighted by molar-refractivity contribution is 7.87. The number of hydrogen-bond donors (Lipinski definition) is 1. The fourth-order valence-corrected chi connectivity index (χ4v) is 4.26. The van der Waals surface area contributed by atoms with Gasteiger partial charge in [0.1, 0.15) is 10.7 Å². The van der Waals surface area contributed by atoms with Gasteiger partial charge in [-0.2, -0.15) is 8.42 Å². The maximum Gasteiger partial charge on any atom is 0.355 e. The summed E-state index contributed by atoms with van der Waals surface area (Å²) in [6.45, 7) is 5.18. The van der Waals surface area contributed by atoms with Crippen LogP contribution in [-0.4, -0.2) is 26.3 Å². The minimum atomic E-state index is -4.49. The molecule has 22 heavy (non-hydrogen) atoms. The van der Waals surface area contributed by atoms with Gasteiger partial charge in [0.2, 0.25) is 0 Å². The lowest BCUT2D eigenvalue weighted by atomic mass is 10.2. The summed E-state index contributed by atoms with van der Waals surface area (Å²) in [5, 5.41) is 0. The zero-order chi connectivity index (χ0) is 17.0. The first-order valence-electron chi connectivity index (χ1n) is 6.72. The molecule has 1 rings (SSSR count). The number of benzene rings is 1. The van der Waals surface area contributed by atoms with Gasteiger partial charge in [-0.1, -0.05) is 32.9 Å². The average molecular weight is 354 g/mol. The van der Waals surface area contributed by atoms with Gasteiger partial charge in [0.15, 0.2) is 6.35 Å². The molecule has 126 valence electrons. The van der Waals surface area contributed by atoms with E-state index in [1.165, 1.54) is 12.1 Å². The molecule has 1 N–H and O–H groups in total. The van der Waals surface area contributed by atoms with Crippen molar-refractivity contribution < 1.29 is 31.0 Å². The summed E-state index contributed by atoms with van der Waals surface area (Å²) in [5.41, 5.74) is 0.232. The van der Waals surface area contributed by atoms with Crippen molar-refractivity contribution in [3.05, 3.63) is 29.6 Å². The molecule has 0 bridgehead atoms. The van der Waals surface area contributed by atoms with Gasteiger partial charge in [0, 0.05) is 0 Å². The maximum absolute atomic E-state index is 13.8. The van der Waals surface area contributed by atoms with E-state index >= 15 is 0 Å². The molecule has 0 heterocycles. The van der Waals surface area contributed by atoms with Gasteiger partial charge in [-0.25, -0.2) is 4.39 Å². The number of halogens is 1. The van der Waals surface area contributed by atoms with Gasteiger partial charge in [0.05, 0.1) is 6.61 Å². The lowest BCUT2D eigenvalue weighted by molar-refractivity contribution is 0.209. The third-order valence-corrected chi connectivity index (χ3v) is 5.23. The van der Waals surface area contributed by atoms with Crippen molar-refractivity contribution in [3.8, 4) is 0 Å². The summed E-state index contributed by atoms with van der Waals surface area (Å²) in [6, 6.07) is 3.83. The van der Waals surface area contributed by atoms with E-state index in [-0.39, 0.29) is 24.5 Å². The van der Waals surface area contributed by atoms with E-state index < -0.39 is 34.8 Å². The van der Waals surface area contributed by atoms with Gasteiger partial charge in [-0.05, 0) is 24.0 Å². The fraction of sp³-hybridized carbons (Fsp3) is 0.538. The van der Waals surface area contributed by atoms with Crippen LogP contribution >= 0.6 is 7.60 Å². The molecule has 1 aromatic carbocycles. The fourth-order valence-electron chi connectivity index (χ4n) is 1.61. The topological polar surface area (TPSA) is 89.9 Å². The second kappa shape index (κ2) is 7.66. The quantitative estimate of drug-likeness (QED) is 0.570. The molecular weight excluding hydrogens is 334 g/mol. The highest BCUT2D eigenvalue weighted by Gasteiger charge is 2.29. The monoisotopic (exact) mass is 354 g/mol. The Morgan fingerprint density at radius 1 is 1.36 bits per heavy atom. The first-order valence-corrected chi connectivity index (χ1v) is 9.89. The van der Waals surface area contributed by atoms with E-state index in [1.807, 2.05) is 0 Å². The van der Waals surface area contributed by atoms with Crippen LogP contribution in [0.4, 0.5) is 4.39 Å². The van der Waals surface area contributed by atoms with Crippen molar-refractivity contribution >= 4 is 17.7 Å². The zero-order valence-corrected chi connectivity index (χ0v) is 14.4. The molecule has 0 aromatic heterocycles. The smallest absolute Gasteiger partial charge is 0.323 e. The summed E-state index contributed by atoms with van der Waals surface area (Å²) >= 11 is 0. The molecule has 6 nitrogen and oxygen atoms in total. The zero-order valence-electron chi connectivity index (χ0n) is 12.7. The number of aryl methyl sites for hydroxylation is 1. The molecule has 0 aliphatic heterocycles. The molecule has 0 spiro atoms. The lowest BCUT2D eigenvalue weighted by Crippen LogP contribution is -2.13. The summed E-state index contributed by atoms with van der Waals surface area (Å²) in [6.07, 6.45) is -0.782. The molecule has 0 saturated heterocycles. The number of hydrogen-bond acceptors (Lipinski definition) is 5. The Balaban J connectivity index is 2.92. The Hall–Kier alpha value is -0.790. The van der Waals surface area contributed by atoms with E-state index in [1.54, 1.807) is 20.8 Å². The van der Waals surface area contributed by atoms with Crippen LogP contribution in [0.15, 0.2) is 23.1 Å². The molecule has 1 atom stereocenters. The van der Waals surface area contributed by atoms with Crippen LogP contribution < -0.4 is 0 Å². The van der Waals surface area contributed by atoms with Crippen LogP contribution in [0.5, 0.6) is 0 Å². The van der Waals surface area contributed by atoms with Crippen molar-refractivity contribution in [2.24, 2.45) is 5.92 Å². The van der Waals surface area contributed by atoms with Gasteiger partial charge in [-0.3, -0.25) is 8.75 Å². The van der Waals surface area contributed by atoms with Crippen LogP contribution in [-0.2, 0) is 29.8 Å². The third-order valence-electron chi connectivity index (χ3n) is 2.66. The minimum Gasteiger partial charge on any atom is -0.323 e. The van der Waals surface area contributed by atoms with Gasteiger partial charge in [-0.15, -0.1) is 0 Å². The standard InChI is InChI=1S/C13H20FO6PS/c1-4-11-6-5-7-12(14)13(11)22(17,18)20-9-21(15,16)19-8-10(2)3/h5-7,10H,4,8-9H2,1-3H3,(H,15,16). The summed E-state index contributed by atoms with van der Waals surface area (Å²) in [4.78, 5) is 8.91. The van der Waals surface area contributed by atoms with Crippen LogP contribution in [0, 0.1) is 11.7 Å². The summed E-state index contributed by atoms with van der Waals surface area (Å²) in [7, 11) is -8.72. The first kappa shape index (κ1) is 19.3. The Morgan fingerprint density at radius 3 is 2.55 bits per heavy atom. The second-order valence-corrected chi connectivity index (χ2v) is 8.45. The van der Waals surface area contributed by atoms with Crippen LogP contribution in [0.3, 0.4) is 0 Å². The van der Waals surface area contributed by atoms with Crippen LogP contribution in [0.2, 0.25) is 0 Å². The predicted octanol–water partition coefficient (Wildman–Crippen LogP) is 2.91. The third kappa shape index (κ3) is 5.44. The molecular formula is C13H20FO6PS. The molecule has 1 unspecified atom stereocenters. The van der Waals surface area contributed by atoms with Gasteiger partial charge in [0.25, 0.3) is 0 Å². The van der Waals surface area contributed by atoms with Crippen molar-refractivity contribution in [1.29, 1.82) is 0 Å². The lowest BCUT2D eigenvalue weighted by Gasteiger charge is -2.15. The Kier molecular flexibility index (Phi) is 6.70. The predicted molar refractivity (Wildman–Crippen MR) is 79.5 cm³/mol. The molecule has 0 radical (unpaired) electrons. The Bertz CT molecular complexity index is 658. The average Bonchev–Trinajstić information content (AvgIpc) is 2.43. The highest BCUT2D eigenvalue weighted by Crippen LogP contribution is 2.43. The van der Waals surface area contributed by atoms with Crippen LogP contribution in [0.25, 0.3) is 0 Å². The minimum absolute atomic E-state index is 0.00431. The van der Waals surface area contributed by atoms with E-state index in [9.17, 15) is 22.3 Å². The largest absolute Gasteiger partial charge is 0.355 e. The van der Waals surface area contributed by atoms with Crippen molar-refractivity contribution in [2.75, 3.05) is 13.0 Å². The molecule has 0 aliphatic rings. The van der Waals surface area contributed by atoms with E-state index in [0.29, 0.717) is 0 Å². The van der Waals surface area contributed by atoms with Gasteiger partial charge >= 0.3 is 17.7 Å². The maximum atomic E-state index is 13.8. The molecule has 0 fully saturated rings. The summed E-state index contributed by atoms with van der Waals surface area (Å²) in [5.74, 6) is -0.967. The van der Waals surface area contributed by atoms with Crippen molar-refractivity contribution in [3.63, 3.8) is 0 Å². The van der Waals surface area contributed by atoms with E-state index in [4.69, 9.17) is 4.52 Å². The summed E-state index contributed by atoms with van der Waals surface area (Å²) < 4.78 is 58.9. The molecule has 1 aromatic rings. The Morgan fingerprint density at radius 2 is 2.00 bits per heavy atom. The highest BCUT2D eigenvalue weighted by atomic mass is 32.2. The molecule has 9 heteroatoms. The van der Waals surface area contributed by atoms with E-state index in [0.717, 1.165) is 6.07 Å². The first-order chi connectivity index (χ1) is 10.1. The Labute approximate surface area is 129 Å². The molecule has 0 amide bonds.